The van der Waals surface area contributed by atoms with Crippen molar-refractivity contribution in [3.8, 4) is 0 Å². The van der Waals surface area contributed by atoms with Crippen LogP contribution in [0.4, 0.5) is 0 Å². The third-order valence-electron chi connectivity index (χ3n) is 2.68. The van der Waals surface area contributed by atoms with Crippen LogP contribution in [0.15, 0.2) is 18.2 Å². The van der Waals surface area contributed by atoms with Crippen LogP contribution in [0.5, 0.6) is 0 Å². The molecule has 0 saturated heterocycles. The molecule has 0 aliphatic carbocycles. The second-order valence-electron chi connectivity index (χ2n) is 3.90. The van der Waals surface area contributed by atoms with E-state index in [0.29, 0.717) is 5.69 Å². The molecule has 1 aromatic rings. The summed E-state index contributed by atoms with van der Waals surface area (Å²) >= 11 is 0. The Morgan fingerprint density at radius 2 is 2.31 bits per heavy atom. The Kier molecular flexibility index (Phi) is 3.01. The first-order valence-electron chi connectivity index (χ1n) is 5.36. The fourth-order valence-corrected chi connectivity index (χ4v) is 1.87. The van der Waals surface area contributed by atoms with Gasteiger partial charge in [-0.15, -0.1) is 0 Å². The summed E-state index contributed by atoms with van der Waals surface area (Å²) in [6.07, 6.45) is 2.99. The maximum atomic E-state index is 11.3. The summed E-state index contributed by atoms with van der Waals surface area (Å²) < 4.78 is 0. The van der Waals surface area contributed by atoms with Crippen molar-refractivity contribution in [3.63, 3.8) is 0 Å². The van der Waals surface area contributed by atoms with Crippen molar-refractivity contribution in [2.24, 2.45) is 5.73 Å². The lowest BCUT2D eigenvalue weighted by Crippen LogP contribution is -2.22. The minimum Gasteiger partial charge on any atom is -0.364 e. The highest BCUT2D eigenvalue weighted by Gasteiger charge is 2.15. The lowest BCUT2D eigenvalue weighted by atomic mass is 9.98. The van der Waals surface area contributed by atoms with E-state index in [-0.39, 0.29) is 0 Å². The SMILES string of the molecule is Cc1ccc(C2=CCNCC2)c(C(N)=O)n1. The first kappa shape index (κ1) is 10.8. The molecule has 0 radical (unpaired) electrons. The first-order valence-corrected chi connectivity index (χ1v) is 5.36. The molecule has 0 spiro atoms. The number of hydrogen-bond donors (Lipinski definition) is 2. The summed E-state index contributed by atoms with van der Waals surface area (Å²) in [5, 5.41) is 3.23. The Bertz CT molecular complexity index is 452. The molecule has 0 saturated carbocycles. The molecule has 0 fully saturated rings. The van der Waals surface area contributed by atoms with E-state index in [4.69, 9.17) is 5.73 Å². The van der Waals surface area contributed by atoms with Crippen LogP contribution in [0.2, 0.25) is 0 Å². The predicted molar refractivity (Wildman–Crippen MR) is 63.0 cm³/mol. The van der Waals surface area contributed by atoms with Gasteiger partial charge in [-0.2, -0.15) is 0 Å². The van der Waals surface area contributed by atoms with Crippen molar-refractivity contribution in [1.82, 2.24) is 10.3 Å². The van der Waals surface area contributed by atoms with Gasteiger partial charge in [0.15, 0.2) is 0 Å². The number of nitrogens with one attached hydrogen (secondary N) is 1. The number of rotatable bonds is 2. The molecule has 16 heavy (non-hydrogen) atoms. The lowest BCUT2D eigenvalue weighted by Gasteiger charge is -2.16. The summed E-state index contributed by atoms with van der Waals surface area (Å²) in [6.45, 7) is 3.62. The van der Waals surface area contributed by atoms with Gasteiger partial charge in [0.25, 0.3) is 5.91 Å². The third kappa shape index (κ3) is 2.12. The molecule has 2 rings (SSSR count). The van der Waals surface area contributed by atoms with Crippen LogP contribution < -0.4 is 11.1 Å². The molecule has 4 heteroatoms. The van der Waals surface area contributed by atoms with Crippen molar-refractivity contribution >= 4 is 11.5 Å². The van der Waals surface area contributed by atoms with Crippen LogP contribution in [-0.4, -0.2) is 24.0 Å². The largest absolute Gasteiger partial charge is 0.364 e. The smallest absolute Gasteiger partial charge is 0.267 e. The van der Waals surface area contributed by atoms with Crippen LogP contribution in [0.3, 0.4) is 0 Å². The fraction of sp³-hybridized carbons (Fsp3) is 0.333. The van der Waals surface area contributed by atoms with Gasteiger partial charge in [0, 0.05) is 17.8 Å². The van der Waals surface area contributed by atoms with Gasteiger partial charge in [0.1, 0.15) is 5.69 Å². The molecule has 84 valence electrons. The summed E-state index contributed by atoms with van der Waals surface area (Å²) in [6, 6.07) is 3.84. The maximum absolute atomic E-state index is 11.3. The predicted octanol–water partition coefficient (Wildman–Crippen LogP) is 0.866. The second-order valence-corrected chi connectivity index (χ2v) is 3.90. The minimum absolute atomic E-state index is 0.383. The fourth-order valence-electron chi connectivity index (χ4n) is 1.87. The Morgan fingerprint density at radius 1 is 1.50 bits per heavy atom. The minimum atomic E-state index is -0.460. The van der Waals surface area contributed by atoms with Crippen LogP contribution in [0, 0.1) is 6.92 Å². The van der Waals surface area contributed by atoms with Gasteiger partial charge in [0.05, 0.1) is 0 Å². The van der Waals surface area contributed by atoms with E-state index in [0.717, 1.165) is 36.3 Å². The highest BCUT2D eigenvalue weighted by atomic mass is 16.1. The van der Waals surface area contributed by atoms with E-state index < -0.39 is 5.91 Å². The van der Waals surface area contributed by atoms with Gasteiger partial charge in [0.2, 0.25) is 0 Å². The van der Waals surface area contributed by atoms with E-state index in [1.54, 1.807) is 0 Å². The van der Waals surface area contributed by atoms with Crippen molar-refractivity contribution in [2.45, 2.75) is 13.3 Å². The van der Waals surface area contributed by atoms with Gasteiger partial charge in [-0.1, -0.05) is 12.1 Å². The van der Waals surface area contributed by atoms with Crippen LogP contribution in [0.25, 0.3) is 5.57 Å². The average molecular weight is 217 g/mol. The topological polar surface area (TPSA) is 68.0 Å². The Labute approximate surface area is 94.6 Å². The van der Waals surface area contributed by atoms with E-state index >= 15 is 0 Å². The molecule has 0 atom stereocenters. The number of nitrogens with two attached hydrogens (primary N) is 1. The first-order chi connectivity index (χ1) is 7.68. The molecule has 1 aliphatic rings. The monoisotopic (exact) mass is 217 g/mol. The zero-order valence-electron chi connectivity index (χ0n) is 9.29. The maximum Gasteiger partial charge on any atom is 0.267 e. The number of nitrogens with zero attached hydrogens (tertiary/aromatic N) is 1. The molecular weight excluding hydrogens is 202 g/mol. The van der Waals surface area contributed by atoms with Crippen molar-refractivity contribution in [3.05, 3.63) is 35.2 Å². The van der Waals surface area contributed by atoms with Crippen LogP contribution >= 0.6 is 0 Å². The standard InChI is InChI=1S/C12H15N3O/c1-8-2-3-10(11(15-8)12(13)16)9-4-6-14-7-5-9/h2-4,14H,5-7H2,1H3,(H2,13,16). The van der Waals surface area contributed by atoms with Crippen molar-refractivity contribution in [1.29, 1.82) is 0 Å². The lowest BCUT2D eigenvalue weighted by molar-refractivity contribution is 0.0995. The van der Waals surface area contributed by atoms with E-state index in [1.807, 2.05) is 19.1 Å². The van der Waals surface area contributed by atoms with Crippen molar-refractivity contribution < 1.29 is 4.79 Å². The van der Waals surface area contributed by atoms with Gasteiger partial charge in [-0.3, -0.25) is 4.79 Å². The molecule has 0 bridgehead atoms. The molecule has 3 N–H and O–H groups in total. The Balaban J connectivity index is 2.47. The molecule has 2 heterocycles. The number of carbonyl (C=O) groups is 1. The molecule has 1 aromatic heterocycles. The van der Waals surface area contributed by atoms with Gasteiger partial charge < -0.3 is 11.1 Å². The summed E-state index contributed by atoms with van der Waals surface area (Å²) in [7, 11) is 0. The van der Waals surface area contributed by atoms with Crippen LogP contribution in [-0.2, 0) is 0 Å². The van der Waals surface area contributed by atoms with Gasteiger partial charge >= 0.3 is 0 Å². The number of carbonyl (C=O) groups excluding carboxylic acids is 1. The second kappa shape index (κ2) is 4.45. The summed E-state index contributed by atoms with van der Waals surface area (Å²) in [5.41, 5.74) is 8.57. The number of aromatic nitrogens is 1. The molecule has 4 nitrogen and oxygen atoms in total. The normalized spacial score (nSPS) is 15.7. The third-order valence-corrected chi connectivity index (χ3v) is 2.68. The van der Waals surface area contributed by atoms with E-state index in [1.165, 1.54) is 0 Å². The molecule has 1 amide bonds. The van der Waals surface area contributed by atoms with E-state index in [9.17, 15) is 4.79 Å². The molecule has 1 aliphatic heterocycles. The highest BCUT2D eigenvalue weighted by Crippen LogP contribution is 2.22. The number of amides is 1. The average Bonchev–Trinajstić information content (AvgIpc) is 2.30. The molecule has 0 aromatic carbocycles. The Hall–Kier alpha value is -1.68. The number of hydrogen-bond acceptors (Lipinski definition) is 3. The van der Waals surface area contributed by atoms with E-state index in [2.05, 4.69) is 16.4 Å². The molecule has 0 unspecified atom stereocenters. The van der Waals surface area contributed by atoms with Crippen LogP contribution in [0.1, 0.15) is 28.2 Å². The van der Waals surface area contributed by atoms with Crippen molar-refractivity contribution in [2.75, 3.05) is 13.1 Å². The number of aryl methyl sites for hydroxylation is 1. The zero-order valence-corrected chi connectivity index (χ0v) is 9.29. The van der Waals surface area contributed by atoms with Gasteiger partial charge in [-0.05, 0) is 31.5 Å². The summed E-state index contributed by atoms with van der Waals surface area (Å²) in [4.78, 5) is 15.5. The number of pyridine rings is 1. The summed E-state index contributed by atoms with van der Waals surface area (Å²) in [5.74, 6) is -0.460. The zero-order chi connectivity index (χ0) is 11.5. The Morgan fingerprint density at radius 3 is 2.94 bits per heavy atom. The highest BCUT2D eigenvalue weighted by molar-refractivity contribution is 5.96. The molecular formula is C12H15N3O. The quantitative estimate of drug-likeness (QED) is 0.772. The van der Waals surface area contributed by atoms with Gasteiger partial charge in [-0.25, -0.2) is 4.98 Å². The number of primary amides is 1.